The first-order valence-corrected chi connectivity index (χ1v) is 9.93. The van der Waals surface area contributed by atoms with Crippen molar-refractivity contribution in [2.75, 3.05) is 6.54 Å². The van der Waals surface area contributed by atoms with Crippen LogP contribution in [0, 0.1) is 5.41 Å². The number of hydrogen-bond donors (Lipinski definition) is 1. The molecule has 142 valence electrons. The number of aliphatic imine (C=N–C) groups is 1. The van der Waals surface area contributed by atoms with E-state index in [-0.39, 0.29) is 10.8 Å². The number of nitrogens with one attached hydrogen (secondary N) is 1. The summed E-state index contributed by atoms with van der Waals surface area (Å²) in [5.74, 6) is 0. The van der Waals surface area contributed by atoms with Gasteiger partial charge in [0.25, 0.3) is 0 Å². The Morgan fingerprint density at radius 2 is 1.75 bits per heavy atom. The van der Waals surface area contributed by atoms with Gasteiger partial charge in [-0.3, -0.25) is 10.4 Å². The Bertz CT molecular complexity index is 1080. The van der Waals surface area contributed by atoms with E-state index in [1.807, 2.05) is 19.9 Å². The van der Waals surface area contributed by atoms with E-state index in [9.17, 15) is 0 Å². The summed E-state index contributed by atoms with van der Waals surface area (Å²) < 4.78 is 0. The molecular weight excluding hydrogens is 340 g/mol. The highest BCUT2D eigenvalue weighted by molar-refractivity contribution is 6.53. The zero-order valence-electron chi connectivity index (χ0n) is 17.5. The minimum absolute atomic E-state index is 0.0177. The van der Waals surface area contributed by atoms with Crippen LogP contribution >= 0.6 is 0 Å². The van der Waals surface area contributed by atoms with Crippen LogP contribution in [-0.2, 0) is 10.8 Å². The second-order valence-electron chi connectivity index (χ2n) is 8.75. The van der Waals surface area contributed by atoms with Crippen LogP contribution in [0.1, 0.15) is 51.3 Å². The average Bonchev–Trinajstić information content (AvgIpc) is 3.13. The predicted molar refractivity (Wildman–Crippen MR) is 120 cm³/mol. The van der Waals surface area contributed by atoms with Gasteiger partial charge >= 0.3 is 0 Å². The van der Waals surface area contributed by atoms with Crippen molar-refractivity contribution >= 4 is 11.4 Å². The molecule has 2 aliphatic rings. The zero-order valence-corrected chi connectivity index (χ0v) is 17.5. The molecule has 4 rings (SSSR count). The number of benzene rings is 2. The second-order valence-corrected chi connectivity index (χ2v) is 8.75. The summed E-state index contributed by atoms with van der Waals surface area (Å²) in [5, 5.41) is 8.48. The fourth-order valence-electron chi connectivity index (χ4n) is 4.56. The fourth-order valence-corrected chi connectivity index (χ4v) is 4.56. The first kappa shape index (κ1) is 18.6. The van der Waals surface area contributed by atoms with Gasteiger partial charge in [-0.25, -0.2) is 0 Å². The highest BCUT2D eigenvalue weighted by Gasteiger charge is 2.41. The van der Waals surface area contributed by atoms with Gasteiger partial charge in [0, 0.05) is 10.8 Å². The lowest BCUT2D eigenvalue weighted by Gasteiger charge is -2.29. The summed E-state index contributed by atoms with van der Waals surface area (Å²) in [6.45, 7) is 15.8. The van der Waals surface area contributed by atoms with Crippen LogP contribution in [-0.4, -0.2) is 18.0 Å². The minimum Gasteiger partial charge on any atom is -0.298 e. The molecule has 2 heteroatoms. The van der Waals surface area contributed by atoms with E-state index >= 15 is 0 Å². The highest BCUT2D eigenvalue weighted by atomic mass is 14.8. The normalized spacial score (nSPS) is 22.7. The summed E-state index contributed by atoms with van der Waals surface area (Å²) in [5.41, 5.74) is 9.51. The number of allylic oxidation sites excluding steroid dienone is 2. The van der Waals surface area contributed by atoms with E-state index in [4.69, 9.17) is 10.4 Å². The van der Waals surface area contributed by atoms with Crippen molar-refractivity contribution in [1.82, 2.24) is 0 Å². The molecule has 2 aromatic carbocycles. The lowest BCUT2D eigenvalue weighted by molar-refractivity contribution is 0.609. The van der Waals surface area contributed by atoms with Crippen molar-refractivity contribution in [3.05, 3.63) is 83.0 Å². The van der Waals surface area contributed by atoms with Crippen molar-refractivity contribution in [3.8, 4) is 11.1 Å². The quantitative estimate of drug-likeness (QED) is 0.622. The first-order chi connectivity index (χ1) is 13.2. The molecule has 1 heterocycles. The van der Waals surface area contributed by atoms with E-state index in [1.54, 1.807) is 0 Å². The Morgan fingerprint density at radius 3 is 2.46 bits per heavy atom. The van der Waals surface area contributed by atoms with Crippen LogP contribution in [0.4, 0.5) is 0 Å². The average molecular weight is 369 g/mol. The Hall–Kier alpha value is -2.74. The van der Waals surface area contributed by atoms with Gasteiger partial charge in [-0.15, -0.1) is 0 Å². The molecule has 0 radical (unpaired) electrons. The van der Waals surface area contributed by atoms with Crippen molar-refractivity contribution in [2.24, 2.45) is 4.99 Å². The molecular formula is C26H28N2. The summed E-state index contributed by atoms with van der Waals surface area (Å²) in [6, 6.07) is 15.6. The highest BCUT2D eigenvalue weighted by Crippen LogP contribution is 2.50. The number of nitrogens with zero attached hydrogens (tertiary/aromatic N) is 1. The summed E-state index contributed by atoms with van der Waals surface area (Å²) in [7, 11) is 0. The van der Waals surface area contributed by atoms with Gasteiger partial charge in [0.15, 0.2) is 0 Å². The van der Waals surface area contributed by atoms with Crippen LogP contribution in [0.25, 0.3) is 11.1 Å². The van der Waals surface area contributed by atoms with Gasteiger partial charge < -0.3 is 0 Å². The third-order valence-electron chi connectivity index (χ3n) is 6.79. The Balaban J connectivity index is 1.76. The largest absolute Gasteiger partial charge is 0.298 e. The number of rotatable bonds is 3. The van der Waals surface area contributed by atoms with Crippen molar-refractivity contribution in [1.29, 1.82) is 5.41 Å². The number of fused-ring (bicyclic) bond motifs is 3. The summed E-state index contributed by atoms with van der Waals surface area (Å²) >= 11 is 0. The topological polar surface area (TPSA) is 36.2 Å². The maximum atomic E-state index is 8.48. The molecule has 2 aromatic rings. The molecule has 28 heavy (non-hydrogen) atoms. The third kappa shape index (κ3) is 2.40. The molecule has 0 aromatic heterocycles. The van der Waals surface area contributed by atoms with E-state index in [2.05, 4.69) is 69.8 Å². The van der Waals surface area contributed by atoms with Gasteiger partial charge in [0.1, 0.15) is 0 Å². The van der Waals surface area contributed by atoms with Crippen LogP contribution in [0.3, 0.4) is 0 Å². The van der Waals surface area contributed by atoms with E-state index in [0.29, 0.717) is 12.3 Å². The smallest absolute Gasteiger partial charge is 0.0862 e. The molecule has 1 atom stereocenters. The molecule has 1 unspecified atom stereocenters. The Morgan fingerprint density at radius 1 is 1.07 bits per heavy atom. The third-order valence-corrected chi connectivity index (χ3v) is 6.79. The van der Waals surface area contributed by atoms with E-state index in [1.165, 1.54) is 27.8 Å². The van der Waals surface area contributed by atoms with Crippen molar-refractivity contribution in [2.45, 2.75) is 45.4 Å². The maximum absolute atomic E-state index is 8.48. The molecule has 0 bridgehead atoms. The monoisotopic (exact) mass is 368 g/mol. The fraction of sp³-hybridized carbons (Fsp3) is 0.308. The van der Waals surface area contributed by atoms with Gasteiger partial charge in [-0.1, -0.05) is 69.0 Å². The molecule has 0 spiro atoms. The van der Waals surface area contributed by atoms with Crippen LogP contribution in [0.5, 0.6) is 0 Å². The van der Waals surface area contributed by atoms with Gasteiger partial charge in [-0.05, 0) is 59.7 Å². The number of hydrogen-bond acceptors (Lipinski definition) is 2. The summed E-state index contributed by atoms with van der Waals surface area (Å²) in [4.78, 5) is 4.74. The lowest BCUT2D eigenvalue weighted by atomic mass is 9.73. The van der Waals surface area contributed by atoms with E-state index in [0.717, 1.165) is 16.9 Å². The van der Waals surface area contributed by atoms with Gasteiger partial charge in [0.05, 0.1) is 18.0 Å². The molecule has 0 fully saturated rings. The molecule has 1 aliphatic carbocycles. The van der Waals surface area contributed by atoms with E-state index < -0.39 is 0 Å². The minimum atomic E-state index is -0.268. The van der Waals surface area contributed by atoms with Gasteiger partial charge in [0.2, 0.25) is 0 Å². The maximum Gasteiger partial charge on any atom is 0.0862 e. The van der Waals surface area contributed by atoms with Crippen LogP contribution < -0.4 is 0 Å². The lowest BCUT2D eigenvalue weighted by Crippen LogP contribution is -2.29. The molecule has 1 N–H and O–H groups in total. The summed E-state index contributed by atoms with van der Waals surface area (Å²) in [6.07, 6.45) is 1.96. The van der Waals surface area contributed by atoms with Crippen molar-refractivity contribution < 1.29 is 0 Å². The molecule has 0 saturated heterocycles. The zero-order chi connectivity index (χ0) is 20.3. The SMILES string of the molecule is C=C1C(C(=N)C(C)=CC)=NCC1(C)c1ccc2c(c1)C(C)(C)c1ccccc1-2. The van der Waals surface area contributed by atoms with Crippen LogP contribution in [0.2, 0.25) is 0 Å². The molecule has 1 aliphatic heterocycles. The predicted octanol–water partition coefficient (Wildman–Crippen LogP) is 6.25. The van der Waals surface area contributed by atoms with Crippen LogP contribution in [0.15, 0.2) is 71.3 Å². The molecule has 0 saturated carbocycles. The second kappa shape index (κ2) is 6.13. The Labute approximate surface area is 168 Å². The van der Waals surface area contributed by atoms with Crippen molar-refractivity contribution in [3.63, 3.8) is 0 Å². The molecule has 2 nitrogen and oxygen atoms in total. The molecule has 0 amide bonds. The standard InChI is InChI=1S/C26H28N2/c1-7-16(2)23(27)24-17(3)26(6,15-28-24)18-12-13-20-19-10-8-9-11-21(19)25(4,5)22(20)14-18/h7-14,27H,3,15H2,1-2,4-6H3. The van der Waals surface area contributed by atoms with Gasteiger partial charge in [-0.2, -0.15) is 0 Å². The Kier molecular flexibility index (Phi) is 4.08. The first-order valence-electron chi connectivity index (χ1n) is 9.93.